The van der Waals surface area contributed by atoms with Gasteiger partial charge in [-0.3, -0.25) is 14.9 Å². The molecule has 1 unspecified atom stereocenters. The zero-order valence-corrected chi connectivity index (χ0v) is 8.52. The molecule has 0 aromatic carbocycles. The van der Waals surface area contributed by atoms with E-state index in [-0.39, 0.29) is 23.1 Å². The van der Waals surface area contributed by atoms with E-state index in [0.717, 1.165) is 12.8 Å². The van der Waals surface area contributed by atoms with Crippen molar-refractivity contribution in [2.75, 3.05) is 0 Å². The second-order valence-electron chi connectivity index (χ2n) is 3.88. The number of carbonyl (C=O) groups excluding carboxylic acids is 2. The SMILES string of the molecule is CCC1(CC)CC(=O)NC(=O)C1C. The summed E-state index contributed by atoms with van der Waals surface area (Å²) in [5.74, 6) is -0.271. The van der Waals surface area contributed by atoms with Crippen LogP contribution in [-0.4, -0.2) is 11.8 Å². The first-order chi connectivity index (χ1) is 6.05. The van der Waals surface area contributed by atoms with Crippen LogP contribution in [0, 0.1) is 11.3 Å². The molecule has 0 spiro atoms. The lowest BCUT2D eigenvalue weighted by Gasteiger charge is -2.39. The molecular formula is C10H17NO2. The molecule has 1 rings (SSSR count). The molecule has 3 nitrogen and oxygen atoms in total. The molecule has 74 valence electrons. The van der Waals surface area contributed by atoms with Crippen molar-refractivity contribution in [3.05, 3.63) is 0 Å². The lowest BCUT2D eigenvalue weighted by molar-refractivity contribution is -0.143. The van der Waals surface area contributed by atoms with E-state index in [9.17, 15) is 9.59 Å². The van der Waals surface area contributed by atoms with E-state index in [2.05, 4.69) is 5.32 Å². The summed E-state index contributed by atoms with van der Waals surface area (Å²) in [6, 6.07) is 0. The van der Waals surface area contributed by atoms with Gasteiger partial charge in [-0.05, 0) is 18.3 Å². The molecule has 1 fully saturated rings. The molecule has 2 amide bonds. The number of carbonyl (C=O) groups is 2. The molecule has 1 atom stereocenters. The lowest BCUT2D eigenvalue weighted by atomic mass is 9.67. The van der Waals surface area contributed by atoms with Crippen LogP contribution in [0.4, 0.5) is 0 Å². The smallest absolute Gasteiger partial charge is 0.229 e. The Morgan fingerprint density at radius 1 is 1.38 bits per heavy atom. The van der Waals surface area contributed by atoms with Crippen molar-refractivity contribution in [1.82, 2.24) is 5.32 Å². The first-order valence-corrected chi connectivity index (χ1v) is 4.89. The van der Waals surface area contributed by atoms with E-state index in [1.165, 1.54) is 0 Å². The number of nitrogens with one attached hydrogen (secondary N) is 1. The third-order valence-electron chi connectivity index (χ3n) is 3.50. The van der Waals surface area contributed by atoms with Gasteiger partial charge in [-0.1, -0.05) is 20.8 Å². The van der Waals surface area contributed by atoms with Gasteiger partial charge in [-0.2, -0.15) is 0 Å². The van der Waals surface area contributed by atoms with Crippen LogP contribution in [-0.2, 0) is 9.59 Å². The minimum Gasteiger partial charge on any atom is -0.296 e. The van der Waals surface area contributed by atoms with E-state index in [1.54, 1.807) is 0 Å². The van der Waals surface area contributed by atoms with Crippen molar-refractivity contribution in [1.29, 1.82) is 0 Å². The molecule has 0 radical (unpaired) electrons. The van der Waals surface area contributed by atoms with Crippen molar-refractivity contribution in [3.8, 4) is 0 Å². The zero-order valence-electron chi connectivity index (χ0n) is 8.52. The summed E-state index contributed by atoms with van der Waals surface area (Å²) in [5.41, 5.74) is -0.0978. The number of amides is 2. The van der Waals surface area contributed by atoms with E-state index < -0.39 is 0 Å². The minimum atomic E-state index is -0.119. The molecule has 1 heterocycles. The number of hydrogen-bond donors (Lipinski definition) is 1. The van der Waals surface area contributed by atoms with Crippen LogP contribution in [0.2, 0.25) is 0 Å². The predicted molar refractivity (Wildman–Crippen MR) is 49.9 cm³/mol. The van der Waals surface area contributed by atoms with Crippen molar-refractivity contribution in [2.24, 2.45) is 11.3 Å². The third-order valence-corrected chi connectivity index (χ3v) is 3.50. The Labute approximate surface area is 78.9 Å². The molecule has 0 bridgehead atoms. The Morgan fingerprint density at radius 2 is 1.92 bits per heavy atom. The van der Waals surface area contributed by atoms with E-state index in [0.29, 0.717) is 6.42 Å². The average molecular weight is 183 g/mol. The number of rotatable bonds is 2. The number of piperidine rings is 1. The largest absolute Gasteiger partial charge is 0.296 e. The molecule has 0 saturated carbocycles. The van der Waals surface area contributed by atoms with Gasteiger partial charge >= 0.3 is 0 Å². The first kappa shape index (κ1) is 10.2. The first-order valence-electron chi connectivity index (χ1n) is 4.89. The fourth-order valence-corrected chi connectivity index (χ4v) is 2.15. The van der Waals surface area contributed by atoms with Gasteiger partial charge in [0.2, 0.25) is 11.8 Å². The molecule has 1 aliphatic heterocycles. The van der Waals surface area contributed by atoms with Gasteiger partial charge in [0.05, 0.1) is 0 Å². The Bertz CT molecular complexity index is 231. The Kier molecular flexibility index (Phi) is 2.74. The Balaban J connectivity index is 2.92. The van der Waals surface area contributed by atoms with Gasteiger partial charge < -0.3 is 0 Å². The maximum atomic E-state index is 11.4. The van der Waals surface area contributed by atoms with E-state index in [1.807, 2.05) is 20.8 Å². The molecular weight excluding hydrogens is 166 g/mol. The molecule has 1 aliphatic rings. The van der Waals surface area contributed by atoms with E-state index in [4.69, 9.17) is 0 Å². The molecule has 0 aliphatic carbocycles. The molecule has 0 aromatic heterocycles. The van der Waals surface area contributed by atoms with Crippen molar-refractivity contribution in [2.45, 2.75) is 40.0 Å². The monoisotopic (exact) mass is 183 g/mol. The number of hydrogen-bond acceptors (Lipinski definition) is 2. The van der Waals surface area contributed by atoms with Crippen molar-refractivity contribution < 1.29 is 9.59 Å². The summed E-state index contributed by atoms with van der Waals surface area (Å²) in [7, 11) is 0. The maximum absolute atomic E-state index is 11.4. The zero-order chi connectivity index (χ0) is 10.1. The topological polar surface area (TPSA) is 46.2 Å². The molecule has 13 heavy (non-hydrogen) atoms. The van der Waals surface area contributed by atoms with Crippen molar-refractivity contribution in [3.63, 3.8) is 0 Å². The van der Waals surface area contributed by atoms with Gasteiger partial charge in [0.15, 0.2) is 0 Å². The summed E-state index contributed by atoms with van der Waals surface area (Å²) >= 11 is 0. The standard InChI is InChI=1S/C10H17NO2/c1-4-10(5-2)6-8(12)11-9(13)7(10)3/h7H,4-6H2,1-3H3,(H,11,12,13). The van der Waals surface area contributed by atoms with Crippen LogP contribution in [0.3, 0.4) is 0 Å². The van der Waals surface area contributed by atoms with Gasteiger partial charge in [0.1, 0.15) is 0 Å². The Hall–Kier alpha value is -0.860. The highest BCUT2D eigenvalue weighted by molar-refractivity contribution is 5.99. The highest BCUT2D eigenvalue weighted by Gasteiger charge is 2.43. The number of imide groups is 1. The lowest BCUT2D eigenvalue weighted by Crippen LogP contribution is -2.50. The second kappa shape index (κ2) is 3.48. The predicted octanol–water partition coefficient (Wildman–Crippen LogP) is 1.48. The van der Waals surface area contributed by atoms with Crippen LogP contribution in [0.25, 0.3) is 0 Å². The van der Waals surface area contributed by atoms with Crippen molar-refractivity contribution >= 4 is 11.8 Å². The Morgan fingerprint density at radius 3 is 2.38 bits per heavy atom. The maximum Gasteiger partial charge on any atom is 0.229 e. The van der Waals surface area contributed by atoms with Crippen LogP contribution in [0.1, 0.15) is 40.0 Å². The fraction of sp³-hybridized carbons (Fsp3) is 0.800. The second-order valence-corrected chi connectivity index (χ2v) is 3.88. The van der Waals surface area contributed by atoms with Gasteiger partial charge in [0.25, 0.3) is 0 Å². The minimum absolute atomic E-state index is 0.0415. The summed E-state index contributed by atoms with van der Waals surface area (Å²) in [5, 5.41) is 2.37. The van der Waals surface area contributed by atoms with Crippen LogP contribution < -0.4 is 5.32 Å². The highest BCUT2D eigenvalue weighted by atomic mass is 16.2. The summed E-state index contributed by atoms with van der Waals surface area (Å²) in [6.45, 7) is 6.01. The van der Waals surface area contributed by atoms with E-state index >= 15 is 0 Å². The summed E-state index contributed by atoms with van der Waals surface area (Å²) in [6.07, 6.45) is 2.28. The quantitative estimate of drug-likeness (QED) is 0.659. The average Bonchev–Trinajstić information content (AvgIpc) is 2.11. The molecule has 0 aromatic rings. The van der Waals surface area contributed by atoms with Gasteiger partial charge in [-0.15, -0.1) is 0 Å². The normalized spacial score (nSPS) is 27.2. The fourth-order valence-electron chi connectivity index (χ4n) is 2.15. The summed E-state index contributed by atoms with van der Waals surface area (Å²) < 4.78 is 0. The molecule has 1 saturated heterocycles. The third kappa shape index (κ3) is 1.60. The van der Waals surface area contributed by atoms with Gasteiger partial charge in [0, 0.05) is 12.3 Å². The molecule has 1 N–H and O–H groups in total. The summed E-state index contributed by atoms with van der Waals surface area (Å²) in [4.78, 5) is 22.6. The highest BCUT2D eigenvalue weighted by Crippen LogP contribution is 2.40. The van der Waals surface area contributed by atoms with Crippen LogP contribution >= 0.6 is 0 Å². The van der Waals surface area contributed by atoms with Crippen LogP contribution in [0.5, 0.6) is 0 Å². The molecule has 3 heteroatoms. The van der Waals surface area contributed by atoms with Crippen LogP contribution in [0.15, 0.2) is 0 Å². The van der Waals surface area contributed by atoms with Gasteiger partial charge in [-0.25, -0.2) is 0 Å².